The summed E-state index contributed by atoms with van der Waals surface area (Å²) < 4.78 is 0.980. The topological polar surface area (TPSA) is 23.6 Å². The number of benzene rings is 1. The highest BCUT2D eigenvalue weighted by molar-refractivity contribution is 9.10. The van der Waals surface area contributed by atoms with Crippen LogP contribution in [0, 0.1) is 0 Å². The van der Waals surface area contributed by atoms with Crippen molar-refractivity contribution >= 4 is 45.8 Å². The molecular formula is C12H15BrN2OS. The lowest BCUT2D eigenvalue weighted by atomic mass is 10.2. The molecule has 1 aliphatic rings. The number of nitrogens with zero attached hydrogens (tertiary/aromatic N) is 2. The van der Waals surface area contributed by atoms with Gasteiger partial charge in [-0.05, 0) is 18.2 Å². The Morgan fingerprint density at radius 2 is 2.18 bits per heavy atom. The molecule has 0 N–H and O–H groups in total. The van der Waals surface area contributed by atoms with Crippen LogP contribution in [0.4, 0.5) is 11.4 Å². The normalized spacial score (nSPS) is 19.9. The Balaban J connectivity index is 2.43. The third-order valence-electron chi connectivity index (χ3n) is 2.81. The Morgan fingerprint density at radius 3 is 2.71 bits per heavy atom. The first kappa shape index (κ1) is 12.8. The summed E-state index contributed by atoms with van der Waals surface area (Å²) in [7, 11) is 3.96. The Labute approximate surface area is 115 Å². The number of hydrogen-bond acceptors (Lipinski definition) is 3. The monoisotopic (exact) mass is 314 g/mol. The van der Waals surface area contributed by atoms with Crippen LogP contribution in [-0.2, 0) is 4.79 Å². The van der Waals surface area contributed by atoms with E-state index in [9.17, 15) is 4.79 Å². The lowest BCUT2D eigenvalue weighted by Gasteiger charge is -2.24. The van der Waals surface area contributed by atoms with Crippen molar-refractivity contribution in [1.82, 2.24) is 0 Å². The quantitative estimate of drug-likeness (QED) is 0.848. The number of rotatable bonds is 2. The summed E-state index contributed by atoms with van der Waals surface area (Å²) in [5, 5.41) is 0.136. The van der Waals surface area contributed by atoms with Crippen LogP contribution in [0.5, 0.6) is 0 Å². The summed E-state index contributed by atoms with van der Waals surface area (Å²) in [5.74, 6) is 0.145. The Morgan fingerprint density at radius 1 is 1.47 bits per heavy atom. The Bertz CT molecular complexity index is 450. The molecule has 0 aliphatic carbocycles. The molecule has 2 rings (SSSR count). The summed E-state index contributed by atoms with van der Waals surface area (Å²) in [6, 6.07) is 5.98. The van der Waals surface area contributed by atoms with Gasteiger partial charge in [0, 0.05) is 36.8 Å². The minimum absolute atomic E-state index is 0.136. The van der Waals surface area contributed by atoms with Gasteiger partial charge in [0.2, 0.25) is 5.91 Å². The van der Waals surface area contributed by atoms with Gasteiger partial charge in [-0.1, -0.05) is 15.9 Å². The van der Waals surface area contributed by atoms with Crippen LogP contribution in [0.25, 0.3) is 0 Å². The second-order valence-electron chi connectivity index (χ2n) is 4.39. The minimum atomic E-state index is 0.136. The van der Waals surface area contributed by atoms with Crippen LogP contribution < -0.4 is 9.80 Å². The smallest absolute Gasteiger partial charge is 0.228 e. The molecule has 17 heavy (non-hydrogen) atoms. The molecule has 5 heteroatoms. The molecule has 0 spiro atoms. The second kappa shape index (κ2) is 4.90. The van der Waals surface area contributed by atoms with Crippen molar-refractivity contribution in [2.24, 2.45) is 0 Å². The summed E-state index contributed by atoms with van der Waals surface area (Å²) in [6.07, 6.45) is 0.516. The van der Waals surface area contributed by atoms with Gasteiger partial charge in [-0.3, -0.25) is 4.79 Å². The fourth-order valence-electron chi connectivity index (χ4n) is 2.01. The number of anilines is 2. The summed E-state index contributed by atoms with van der Waals surface area (Å²) in [5.41, 5.74) is 2.00. The maximum atomic E-state index is 11.9. The molecule has 1 aliphatic heterocycles. The molecule has 1 fully saturated rings. The molecule has 0 radical (unpaired) electrons. The van der Waals surface area contributed by atoms with Crippen molar-refractivity contribution in [1.29, 1.82) is 0 Å². The highest BCUT2D eigenvalue weighted by Gasteiger charge is 2.30. The van der Waals surface area contributed by atoms with Crippen molar-refractivity contribution in [3.8, 4) is 0 Å². The van der Waals surface area contributed by atoms with E-state index in [1.54, 1.807) is 0 Å². The standard InChI is InChI=1S/C12H15BrN2OS/c1-14(2)10-4-3-8(13)5-11(10)15-7-9(17)6-12(15)16/h3-5,9,17H,6-7H2,1-2H3. The van der Waals surface area contributed by atoms with E-state index in [0.29, 0.717) is 13.0 Å². The van der Waals surface area contributed by atoms with Gasteiger partial charge >= 0.3 is 0 Å². The largest absolute Gasteiger partial charge is 0.376 e. The van der Waals surface area contributed by atoms with Crippen LogP contribution in [0.1, 0.15) is 6.42 Å². The highest BCUT2D eigenvalue weighted by Crippen LogP contribution is 2.34. The third-order valence-corrected chi connectivity index (χ3v) is 3.65. The van der Waals surface area contributed by atoms with Gasteiger partial charge in [0.05, 0.1) is 11.4 Å². The zero-order chi connectivity index (χ0) is 12.6. The maximum Gasteiger partial charge on any atom is 0.228 e. The zero-order valence-corrected chi connectivity index (χ0v) is 12.3. The highest BCUT2D eigenvalue weighted by atomic mass is 79.9. The molecule has 1 saturated heterocycles. The molecule has 1 atom stereocenters. The molecule has 0 aromatic heterocycles. The first-order valence-electron chi connectivity index (χ1n) is 5.44. The predicted molar refractivity (Wildman–Crippen MR) is 78.2 cm³/mol. The molecular weight excluding hydrogens is 300 g/mol. The molecule has 0 bridgehead atoms. The first-order valence-corrected chi connectivity index (χ1v) is 6.75. The van der Waals surface area contributed by atoms with Gasteiger partial charge in [-0.15, -0.1) is 0 Å². The average Bonchev–Trinajstić information content (AvgIpc) is 2.57. The van der Waals surface area contributed by atoms with Gasteiger partial charge in [0.1, 0.15) is 0 Å². The van der Waals surface area contributed by atoms with Gasteiger partial charge < -0.3 is 9.80 Å². The van der Waals surface area contributed by atoms with E-state index < -0.39 is 0 Å². The number of amides is 1. The number of halogens is 1. The van der Waals surface area contributed by atoms with Crippen molar-refractivity contribution in [3.63, 3.8) is 0 Å². The molecule has 1 amide bonds. The van der Waals surface area contributed by atoms with Crippen LogP contribution in [-0.4, -0.2) is 31.8 Å². The van der Waals surface area contributed by atoms with E-state index in [1.165, 1.54) is 0 Å². The second-order valence-corrected chi connectivity index (χ2v) is 6.04. The molecule has 3 nitrogen and oxygen atoms in total. The number of thiol groups is 1. The van der Waals surface area contributed by atoms with E-state index in [2.05, 4.69) is 28.6 Å². The maximum absolute atomic E-state index is 11.9. The average molecular weight is 315 g/mol. The summed E-state index contributed by atoms with van der Waals surface area (Å²) in [6.45, 7) is 0.680. The summed E-state index contributed by atoms with van der Waals surface area (Å²) in [4.78, 5) is 15.7. The van der Waals surface area contributed by atoms with E-state index in [-0.39, 0.29) is 11.2 Å². The molecule has 1 aromatic rings. The SMILES string of the molecule is CN(C)c1ccc(Br)cc1N1CC(S)CC1=O. The number of carbonyl (C=O) groups is 1. The van der Waals surface area contributed by atoms with Crippen LogP contribution in [0.2, 0.25) is 0 Å². The predicted octanol–water partition coefficient (Wildman–Crippen LogP) is 2.55. The Kier molecular flexibility index (Phi) is 3.68. The molecule has 1 heterocycles. The lowest BCUT2D eigenvalue weighted by molar-refractivity contribution is -0.117. The van der Waals surface area contributed by atoms with Crippen LogP contribution in [0.15, 0.2) is 22.7 Å². The fraction of sp³-hybridized carbons (Fsp3) is 0.417. The van der Waals surface area contributed by atoms with E-state index >= 15 is 0 Å². The van der Waals surface area contributed by atoms with Crippen molar-refractivity contribution < 1.29 is 4.79 Å². The van der Waals surface area contributed by atoms with E-state index in [4.69, 9.17) is 0 Å². The van der Waals surface area contributed by atoms with E-state index in [1.807, 2.05) is 42.1 Å². The first-order chi connectivity index (χ1) is 7.99. The van der Waals surface area contributed by atoms with Crippen molar-refractivity contribution in [2.45, 2.75) is 11.7 Å². The summed E-state index contributed by atoms with van der Waals surface area (Å²) >= 11 is 7.84. The van der Waals surface area contributed by atoms with Crippen molar-refractivity contribution in [3.05, 3.63) is 22.7 Å². The minimum Gasteiger partial charge on any atom is -0.376 e. The number of carbonyl (C=O) groups excluding carboxylic acids is 1. The van der Waals surface area contributed by atoms with E-state index in [0.717, 1.165) is 15.8 Å². The zero-order valence-electron chi connectivity index (χ0n) is 9.85. The van der Waals surface area contributed by atoms with Gasteiger partial charge in [0.15, 0.2) is 0 Å². The molecule has 1 unspecified atom stereocenters. The Hall–Kier alpha value is -0.680. The third kappa shape index (κ3) is 2.60. The molecule has 1 aromatic carbocycles. The fourth-order valence-corrected chi connectivity index (χ4v) is 2.68. The van der Waals surface area contributed by atoms with Gasteiger partial charge in [0.25, 0.3) is 0 Å². The van der Waals surface area contributed by atoms with Crippen LogP contribution >= 0.6 is 28.6 Å². The molecule has 0 saturated carbocycles. The van der Waals surface area contributed by atoms with Crippen LogP contribution in [0.3, 0.4) is 0 Å². The number of hydrogen-bond donors (Lipinski definition) is 1. The lowest BCUT2D eigenvalue weighted by Crippen LogP contribution is -2.27. The molecule has 92 valence electrons. The van der Waals surface area contributed by atoms with Crippen molar-refractivity contribution in [2.75, 3.05) is 30.4 Å². The van der Waals surface area contributed by atoms with Gasteiger partial charge in [-0.25, -0.2) is 0 Å². The van der Waals surface area contributed by atoms with Gasteiger partial charge in [-0.2, -0.15) is 12.6 Å².